The Morgan fingerprint density at radius 2 is 1.83 bits per heavy atom. The molecule has 2 aromatic rings. The van der Waals surface area contributed by atoms with Gasteiger partial charge in [0.15, 0.2) is 0 Å². The van der Waals surface area contributed by atoms with E-state index >= 15 is 0 Å². The number of benzene rings is 2. The number of imide groups is 1. The van der Waals surface area contributed by atoms with Gasteiger partial charge >= 0.3 is 6.03 Å². The molecule has 0 radical (unpaired) electrons. The van der Waals surface area contributed by atoms with Crippen LogP contribution in [0, 0.1) is 5.92 Å². The largest absolute Gasteiger partial charge is 0.497 e. The number of rotatable bonds is 7. The first-order valence-electron chi connectivity index (χ1n) is 9.54. The van der Waals surface area contributed by atoms with E-state index in [0.29, 0.717) is 23.7 Å². The molecular weight excluding hydrogens is 370 g/mol. The standard InChI is InChI=1S/C22H25N3O4/c1-15(2)14-24-19(13-20(26)23-16-8-5-4-6-9-16)21(27)25(22(24)28)17-10-7-11-18(12-17)29-3/h4-12,15,19H,13-14H2,1-3H3,(H,23,26)/t19-/m0/s1. The summed E-state index contributed by atoms with van der Waals surface area (Å²) in [5.41, 5.74) is 1.08. The van der Waals surface area contributed by atoms with Gasteiger partial charge in [-0.3, -0.25) is 9.59 Å². The maximum atomic E-state index is 13.1. The fraction of sp³-hybridized carbons (Fsp3) is 0.318. The van der Waals surface area contributed by atoms with Crippen molar-refractivity contribution in [3.05, 3.63) is 54.6 Å². The van der Waals surface area contributed by atoms with Gasteiger partial charge in [0.25, 0.3) is 5.91 Å². The lowest BCUT2D eigenvalue weighted by molar-refractivity contribution is -0.124. The maximum Gasteiger partial charge on any atom is 0.332 e. The average Bonchev–Trinajstić information content (AvgIpc) is 2.92. The number of carbonyl (C=O) groups is 3. The zero-order valence-electron chi connectivity index (χ0n) is 16.8. The number of para-hydroxylation sites is 1. The van der Waals surface area contributed by atoms with E-state index in [0.717, 1.165) is 4.90 Å². The summed E-state index contributed by atoms with van der Waals surface area (Å²) in [7, 11) is 1.52. The number of nitrogens with zero attached hydrogens (tertiary/aromatic N) is 2. The van der Waals surface area contributed by atoms with Gasteiger partial charge in [-0.1, -0.05) is 38.1 Å². The molecule has 0 aromatic heterocycles. The average molecular weight is 395 g/mol. The number of ether oxygens (including phenoxy) is 1. The minimum atomic E-state index is -0.847. The van der Waals surface area contributed by atoms with Crippen molar-refractivity contribution in [2.45, 2.75) is 26.3 Å². The second kappa shape index (κ2) is 8.77. The molecule has 0 unspecified atom stereocenters. The highest BCUT2D eigenvalue weighted by atomic mass is 16.5. The highest BCUT2D eigenvalue weighted by molar-refractivity contribution is 6.22. The van der Waals surface area contributed by atoms with E-state index in [2.05, 4.69) is 5.32 Å². The number of urea groups is 1. The molecule has 1 heterocycles. The molecule has 0 aliphatic carbocycles. The smallest absolute Gasteiger partial charge is 0.332 e. The molecule has 1 atom stereocenters. The molecule has 3 rings (SSSR count). The van der Waals surface area contributed by atoms with Crippen LogP contribution in [0.2, 0.25) is 0 Å². The van der Waals surface area contributed by atoms with Crippen LogP contribution in [-0.4, -0.2) is 42.4 Å². The Kier molecular flexibility index (Phi) is 6.16. The van der Waals surface area contributed by atoms with Crippen LogP contribution in [-0.2, 0) is 9.59 Å². The van der Waals surface area contributed by atoms with Gasteiger partial charge in [-0.05, 0) is 30.2 Å². The molecule has 1 fully saturated rings. The summed E-state index contributed by atoms with van der Waals surface area (Å²) >= 11 is 0. The van der Waals surface area contributed by atoms with Gasteiger partial charge in [-0.2, -0.15) is 0 Å². The fourth-order valence-corrected chi connectivity index (χ4v) is 3.33. The van der Waals surface area contributed by atoms with Gasteiger partial charge in [-0.25, -0.2) is 9.69 Å². The third-order valence-corrected chi connectivity index (χ3v) is 4.63. The molecule has 1 aliphatic heterocycles. The number of nitrogens with one attached hydrogen (secondary N) is 1. The van der Waals surface area contributed by atoms with Gasteiger partial charge in [0, 0.05) is 18.3 Å². The second-order valence-electron chi connectivity index (χ2n) is 7.34. The van der Waals surface area contributed by atoms with Crippen LogP contribution >= 0.6 is 0 Å². The van der Waals surface area contributed by atoms with Crippen molar-refractivity contribution in [2.24, 2.45) is 5.92 Å². The van der Waals surface area contributed by atoms with Crippen molar-refractivity contribution in [3.8, 4) is 5.75 Å². The molecule has 4 amide bonds. The lowest BCUT2D eigenvalue weighted by Gasteiger charge is -2.23. The molecule has 0 saturated carbocycles. The molecule has 2 aromatic carbocycles. The topological polar surface area (TPSA) is 79.0 Å². The van der Waals surface area contributed by atoms with Gasteiger partial charge in [-0.15, -0.1) is 0 Å². The zero-order chi connectivity index (χ0) is 21.0. The molecule has 1 saturated heterocycles. The van der Waals surface area contributed by atoms with Gasteiger partial charge < -0.3 is 15.0 Å². The Hall–Kier alpha value is -3.35. The number of hydrogen-bond donors (Lipinski definition) is 1. The predicted octanol–water partition coefficient (Wildman–Crippen LogP) is 3.52. The highest BCUT2D eigenvalue weighted by Crippen LogP contribution is 2.30. The third kappa shape index (κ3) is 4.56. The molecule has 1 aliphatic rings. The monoisotopic (exact) mass is 395 g/mol. The lowest BCUT2D eigenvalue weighted by atomic mass is 10.1. The Labute approximate surface area is 170 Å². The molecular formula is C22H25N3O4. The Balaban J connectivity index is 1.84. The van der Waals surface area contributed by atoms with Crippen LogP contribution in [0.5, 0.6) is 5.75 Å². The summed E-state index contributed by atoms with van der Waals surface area (Å²) in [6.45, 7) is 4.31. The molecule has 0 bridgehead atoms. The number of carbonyl (C=O) groups excluding carboxylic acids is 3. The first-order chi connectivity index (χ1) is 13.9. The number of methoxy groups -OCH3 is 1. The van der Waals surface area contributed by atoms with Crippen LogP contribution in [0.4, 0.5) is 16.2 Å². The van der Waals surface area contributed by atoms with Crippen molar-refractivity contribution < 1.29 is 19.1 Å². The zero-order valence-corrected chi connectivity index (χ0v) is 16.8. The summed E-state index contributed by atoms with van der Waals surface area (Å²) in [5, 5.41) is 2.78. The number of anilines is 2. The maximum absolute atomic E-state index is 13.1. The second-order valence-corrected chi connectivity index (χ2v) is 7.34. The fourth-order valence-electron chi connectivity index (χ4n) is 3.33. The van der Waals surface area contributed by atoms with Gasteiger partial charge in [0.1, 0.15) is 11.8 Å². The summed E-state index contributed by atoms with van der Waals surface area (Å²) in [6, 6.07) is 14.5. The molecule has 7 heteroatoms. The first kappa shape index (κ1) is 20.4. The molecule has 7 nitrogen and oxygen atoms in total. The number of hydrogen-bond acceptors (Lipinski definition) is 4. The van der Waals surface area contributed by atoms with E-state index < -0.39 is 18.0 Å². The van der Waals surface area contributed by atoms with Crippen molar-refractivity contribution in [1.29, 1.82) is 0 Å². The summed E-state index contributed by atoms with van der Waals surface area (Å²) in [4.78, 5) is 41.4. The lowest BCUT2D eigenvalue weighted by Crippen LogP contribution is -2.40. The van der Waals surface area contributed by atoms with E-state index in [1.165, 1.54) is 12.0 Å². The van der Waals surface area contributed by atoms with Crippen LogP contribution < -0.4 is 15.0 Å². The normalized spacial score (nSPS) is 16.5. The summed E-state index contributed by atoms with van der Waals surface area (Å²) < 4.78 is 5.21. The van der Waals surface area contributed by atoms with Crippen molar-refractivity contribution in [3.63, 3.8) is 0 Å². The predicted molar refractivity (Wildman–Crippen MR) is 111 cm³/mol. The van der Waals surface area contributed by atoms with Gasteiger partial charge in [0.05, 0.1) is 19.2 Å². The first-order valence-corrected chi connectivity index (χ1v) is 9.54. The van der Waals surface area contributed by atoms with E-state index in [4.69, 9.17) is 4.74 Å². The molecule has 152 valence electrons. The highest BCUT2D eigenvalue weighted by Gasteiger charge is 2.46. The van der Waals surface area contributed by atoms with Crippen LogP contribution in [0.25, 0.3) is 0 Å². The SMILES string of the molecule is COc1cccc(N2C(=O)[C@H](CC(=O)Nc3ccccc3)N(CC(C)C)C2=O)c1. The van der Waals surface area contributed by atoms with Crippen LogP contribution in [0.1, 0.15) is 20.3 Å². The van der Waals surface area contributed by atoms with Crippen LogP contribution in [0.3, 0.4) is 0 Å². The van der Waals surface area contributed by atoms with E-state index in [9.17, 15) is 14.4 Å². The van der Waals surface area contributed by atoms with Crippen molar-refractivity contribution >= 4 is 29.2 Å². The Morgan fingerprint density at radius 1 is 1.10 bits per heavy atom. The van der Waals surface area contributed by atoms with Gasteiger partial charge in [0.2, 0.25) is 5.91 Å². The van der Waals surface area contributed by atoms with Crippen molar-refractivity contribution in [1.82, 2.24) is 4.90 Å². The minimum absolute atomic E-state index is 0.105. The Bertz CT molecular complexity index is 898. The number of amides is 4. The minimum Gasteiger partial charge on any atom is -0.497 e. The van der Waals surface area contributed by atoms with E-state index in [-0.39, 0.29) is 18.2 Å². The quantitative estimate of drug-likeness (QED) is 0.728. The molecule has 29 heavy (non-hydrogen) atoms. The van der Waals surface area contributed by atoms with E-state index in [1.807, 2.05) is 32.0 Å². The van der Waals surface area contributed by atoms with E-state index in [1.54, 1.807) is 36.4 Å². The molecule has 0 spiro atoms. The van der Waals surface area contributed by atoms with Crippen LogP contribution in [0.15, 0.2) is 54.6 Å². The molecule has 1 N–H and O–H groups in total. The summed E-state index contributed by atoms with van der Waals surface area (Å²) in [6.07, 6.45) is -0.105. The third-order valence-electron chi connectivity index (χ3n) is 4.63. The van der Waals surface area contributed by atoms with Crippen molar-refractivity contribution in [2.75, 3.05) is 23.9 Å². The Morgan fingerprint density at radius 3 is 2.48 bits per heavy atom. The summed E-state index contributed by atoms with van der Waals surface area (Å²) in [5.74, 6) is -0.0313.